The quantitative estimate of drug-likeness (QED) is 0.353. The summed E-state index contributed by atoms with van der Waals surface area (Å²) < 4.78 is 20.4. The van der Waals surface area contributed by atoms with E-state index in [1.54, 1.807) is 0 Å². The highest BCUT2D eigenvalue weighted by Gasteiger charge is 2.22. The van der Waals surface area contributed by atoms with Crippen LogP contribution >= 0.6 is 10.5 Å². The van der Waals surface area contributed by atoms with E-state index in [0.717, 1.165) is 25.5 Å². The number of para-hydroxylation sites is 2. The van der Waals surface area contributed by atoms with E-state index in [0.29, 0.717) is 0 Å². The predicted octanol–water partition coefficient (Wildman–Crippen LogP) is 4.81. The minimum atomic E-state index is -0.258. The predicted molar refractivity (Wildman–Crippen MR) is 83.6 cm³/mol. The highest BCUT2D eigenvalue weighted by Crippen LogP contribution is 2.45. The number of hydrogen-bond donors (Lipinski definition) is 0. The molecule has 1 nitrogen and oxygen atoms in total. The maximum absolute atomic E-state index is 13.2. The third-order valence-electron chi connectivity index (χ3n) is 3.41. The van der Waals surface area contributed by atoms with Crippen molar-refractivity contribution in [3.8, 4) is 5.75 Å². The molecular weight excluding hydrogens is 283 g/mol. The van der Waals surface area contributed by atoms with Crippen LogP contribution in [-0.4, -0.2) is 0 Å². The van der Waals surface area contributed by atoms with Crippen molar-refractivity contribution in [2.75, 3.05) is 0 Å². The van der Waals surface area contributed by atoms with Crippen LogP contribution < -0.4 is 5.43 Å². The molecule has 0 amide bonds. The summed E-state index contributed by atoms with van der Waals surface area (Å²) in [5, 5.41) is 0. The lowest BCUT2D eigenvalue weighted by Crippen LogP contribution is -2.05. The molecule has 3 aromatic carbocycles. The molecule has 0 saturated carbocycles. The summed E-state index contributed by atoms with van der Waals surface area (Å²) in [5.74, 6) is 0.668. The summed E-state index contributed by atoms with van der Waals surface area (Å²) in [6.45, 7) is 0. The van der Waals surface area contributed by atoms with E-state index in [4.69, 9.17) is 4.42 Å². The van der Waals surface area contributed by atoms with Gasteiger partial charge in [-0.3, -0.25) is 0 Å². The third kappa shape index (κ3) is 2.10. The van der Waals surface area contributed by atoms with Gasteiger partial charge in [0, 0.05) is 17.0 Å². The van der Waals surface area contributed by atoms with Crippen LogP contribution in [0.3, 0.4) is 0 Å². The fourth-order valence-electron chi connectivity index (χ4n) is 2.47. The van der Waals surface area contributed by atoms with Crippen molar-refractivity contribution in [3.05, 3.63) is 93.0 Å². The summed E-state index contributed by atoms with van der Waals surface area (Å²) >= 11 is 0. The summed E-state index contributed by atoms with van der Waals surface area (Å²) in [6, 6.07) is 22.8. The van der Waals surface area contributed by atoms with Crippen molar-refractivity contribution in [3.63, 3.8) is 0 Å². The van der Waals surface area contributed by atoms with Crippen molar-refractivity contribution in [2.45, 2.75) is 9.79 Å². The van der Waals surface area contributed by atoms with Crippen LogP contribution in [-0.2, 0) is 0 Å². The molecule has 1 heterocycles. The summed E-state index contributed by atoms with van der Waals surface area (Å²) in [4.78, 5) is 2.24. The smallest absolute Gasteiger partial charge is 0.207 e. The van der Waals surface area contributed by atoms with Gasteiger partial charge in [-0.2, -0.15) is 0 Å². The Morgan fingerprint density at radius 2 is 1.48 bits per heavy atom. The van der Waals surface area contributed by atoms with Gasteiger partial charge in [0.2, 0.25) is 0 Å². The molecule has 102 valence electrons. The lowest BCUT2D eigenvalue weighted by atomic mass is 10.3. The zero-order valence-electron chi connectivity index (χ0n) is 11.1. The fourth-order valence-corrected chi connectivity index (χ4v) is 4.67. The Labute approximate surface area is 123 Å². The molecule has 1 aliphatic rings. The van der Waals surface area contributed by atoms with Crippen LogP contribution in [0.4, 0.5) is 4.39 Å². The average Bonchev–Trinajstić information content (AvgIpc) is 2.53. The Kier molecular flexibility index (Phi) is 2.93. The van der Waals surface area contributed by atoms with Crippen molar-refractivity contribution in [2.24, 2.45) is 0 Å². The maximum atomic E-state index is 13.2. The molecule has 0 aromatic heterocycles. The van der Waals surface area contributed by atoms with Gasteiger partial charge in [0.1, 0.15) is 15.2 Å². The van der Waals surface area contributed by atoms with Crippen LogP contribution in [0.25, 0.3) is 0 Å². The number of fused-ring (bicyclic) bond motifs is 2. The zero-order chi connectivity index (χ0) is 14.2. The van der Waals surface area contributed by atoms with E-state index < -0.39 is 0 Å². The molecule has 0 radical (unpaired) electrons. The molecule has 0 spiro atoms. The molecule has 1 unspecified atom stereocenters. The first-order valence-corrected chi connectivity index (χ1v) is 7.91. The molecule has 1 aliphatic heterocycles. The molecule has 0 aliphatic carbocycles. The molecule has 21 heavy (non-hydrogen) atoms. The number of halogens is 1. The van der Waals surface area contributed by atoms with Crippen LogP contribution in [0.1, 0.15) is 0 Å². The van der Waals surface area contributed by atoms with Gasteiger partial charge in [-0.05, 0) is 36.4 Å². The standard InChI is InChI=1S/C18H12FOS/c19-13-9-11-14(12-10-13)21-17-7-3-1-5-15(17)20-16-6-2-4-8-18(16)21/h1-12H/q+1. The molecule has 1 atom stereocenters. The molecular formula is C18H12FOS+. The Balaban J connectivity index is 2.14. The van der Waals surface area contributed by atoms with E-state index in [1.165, 1.54) is 12.1 Å². The lowest BCUT2D eigenvalue weighted by molar-refractivity contribution is 0.626. The number of hydrogen-bond acceptors (Lipinski definition) is 0. The molecule has 4 rings (SSSR count). The van der Waals surface area contributed by atoms with Crippen LogP contribution in [0, 0.1) is 10.3 Å². The van der Waals surface area contributed by atoms with Crippen molar-refractivity contribution in [1.29, 1.82) is 0 Å². The van der Waals surface area contributed by atoms with Crippen molar-refractivity contribution < 1.29 is 4.39 Å². The molecule has 0 N–H and O–H groups in total. The fraction of sp³-hybridized carbons (Fsp3) is 0. The van der Waals surface area contributed by atoms with Gasteiger partial charge in [-0.1, -0.05) is 34.7 Å². The van der Waals surface area contributed by atoms with Crippen LogP contribution in [0.2, 0.25) is 0 Å². The zero-order valence-corrected chi connectivity index (χ0v) is 11.9. The van der Waals surface area contributed by atoms with Gasteiger partial charge in [0.25, 0.3) is 0 Å². The van der Waals surface area contributed by atoms with Crippen LogP contribution in [0.5, 0.6) is 5.75 Å². The summed E-state index contributed by atoms with van der Waals surface area (Å²) in [6.07, 6.45) is 0. The number of rotatable bonds is 1. The van der Waals surface area contributed by atoms with E-state index in [-0.39, 0.29) is 16.3 Å². The average molecular weight is 295 g/mol. The molecule has 0 bridgehead atoms. The minimum Gasteiger partial charge on any atom is -0.207 e. The minimum absolute atomic E-state index is 0.211. The largest absolute Gasteiger partial charge is 0.366 e. The summed E-state index contributed by atoms with van der Waals surface area (Å²) in [7, 11) is -0.258. The first-order chi connectivity index (χ1) is 10.3. The Morgan fingerprint density at radius 3 is 2.33 bits per heavy atom. The van der Waals surface area contributed by atoms with E-state index in [1.807, 2.05) is 48.5 Å². The normalized spacial score (nSPS) is 15.8. The van der Waals surface area contributed by atoms with Crippen molar-refractivity contribution in [1.82, 2.24) is 0 Å². The van der Waals surface area contributed by atoms with Gasteiger partial charge < -0.3 is 0 Å². The second-order valence-corrected chi connectivity index (χ2v) is 6.72. The second kappa shape index (κ2) is 4.93. The highest BCUT2D eigenvalue weighted by molar-refractivity contribution is 8.09. The Bertz CT molecular complexity index is 945. The third-order valence-corrected chi connectivity index (χ3v) is 5.71. The summed E-state index contributed by atoms with van der Waals surface area (Å²) in [5.41, 5.74) is 0.879. The Hall–Kier alpha value is -2.26. The lowest BCUT2D eigenvalue weighted by Gasteiger charge is -2.10. The van der Waals surface area contributed by atoms with Gasteiger partial charge in [-0.15, -0.1) is 0 Å². The van der Waals surface area contributed by atoms with E-state index in [2.05, 4.69) is 12.1 Å². The van der Waals surface area contributed by atoms with Gasteiger partial charge in [0.05, 0.1) is 0 Å². The van der Waals surface area contributed by atoms with Gasteiger partial charge in [-0.25, -0.2) is 8.82 Å². The number of benzene rings is 3. The monoisotopic (exact) mass is 295 g/mol. The van der Waals surface area contributed by atoms with Gasteiger partial charge >= 0.3 is 11.2 Å². The Morgan fingerprint density at radius 1 is 0.762 bits per heavy atom. The maximum Gasteiger partial charge on any atom is 0.366 e. The SMILES string of the molecule is Fc1ccc(S2=c3ccccc3=[O+]c3ccccc32)cc1. The molecule has 3 heteroatoms. The molecule has 0 saturated heterocycles. The van der Waals surface area contributed by atoms with Crippen LogP contribution in [0.15, 0.2) is 87.0 Å². The van der Waals surface area contributed by atoms with Gasteiger partial charge in [0.15, 0.2) is 0 Å². The van der Waals surface area contributed by atoms with E-state index >= 15 is 0 Å². The second-order valence-electron chi connectivity index (χ2n) is 4.76. The van der Waals surface area contributed by atoms with E-state index in [9.17, 15) is 4.39 Å². The van der Waals surface area contributed by atoms with Crippen molar-refractivity contribution >= 4 is 10.5 Å². The first-order valence-electron chi connectivity index (χ1n) is 6.69. The first kappa shape index (κ1) is 12.5. The highest BCUT2D eigenvalue weighted by atomic mass is 32.2. The molecule has 0 fully saturated rings. The molecule has 3 aromatic rings. The topological polar surface area (TPSA) is 11.3 Å².